The largest absolute Gasteiger partial charge is 1.00 e. The van der Waals surface area contributed by atoms with Gasteiger partial charge in [-0.25, -0.2) is 4.99 Å². The molecule has 92 heavy (non-hydrogen) atoms. The van der Waals surface area contributed by atoms with Crippen molar-refractivity contribution < 1.29 is 69.5 Å². The van der Waals surface area contributed by atoms with Gasteiger partial charge >= 0.3 is 60.3 Å². The summed E-state index contributed by atoms with van der Waals surface area (Å²) in [5.41, 5.74) is 34.5. The van der Waals surface area contributed by atoms with E-state index in [2.05, 4.69) is 208 Å². The van der Waals surface area contributed by atoms with E-state index in [1.807, 2.05) is 13.0 Å². The van der Waals surface area contributed by atoms with E-state index in [-0.39, 0.29) is 93.7 Å². The molecule has 0 saturated carbocycles. The number of ether oxygens (including phenoxy) is 2. The predicted molar refractivity (Wildman–Crippen MR) is 380 cm³/mol. The normalized spacial score (nSPS) is 23.6. The average Bonchev–Trinajstić information content (AvgIpc) is 1.79. The molecule has 2 fully saturated rings. The molecule has 2 amide bonds. The van der Waals surface area contributed by atoms with E-state index >= 15 is 0 Å². The zero-order valence-corrected chi connectivity index (χ0v) is 64.0. The number of nitrogens with two attached hydrogens (primary N) is 3. The third-order valence-corrected chi connectivity index (χ3v) is 21.8. The molecule has 3 aliphatic heterocycles. The standard InChI is InChI=1S/C14H14BrNO2.C14H15NO2.C13H15BrN2O.C13H16BrNO2.C12H16BrNO.CBrN.BHNS.B.Na.H/c1-8-2-3-11(15)9-4-5-14(7-10(8)9)12(17)6-13(18)16-14;1-9-3-2-4-10-5-6-14(8-11(9)10)12(16)7-13(17)15-14;1-8-2-3-11(14)9-4-5-13(6-10(8)9)7-17-12(15)16-13;1-8-3-4-11(14)9-5-6-13(15,7-10(8)9)12(16)17-2;1-8-2-3-11(13)9-4-5-12(14,7-15)6-10(8)9;2-1-3;1-2-3;;;/h2-3H,4-7H2,1H3,(H,16,18);2-4H,5-8H2,1H3,(H,15,17);2-3H,4-7H2,1H3,(H2,15,16);3-4H,5-7,15H2,1-2H3;2-3,15H,4-7,14H2,1H3;;3H;;;/q;;;;;;;;+1;-1. The number of esters is 1. The van der Waals surface area contributed by atoms with E-state index in [9.17, 15) is 29.1 Å². The monoisotopic (exact) mass is 1590 g/mol. The molecular weight excluding hydrogens is 1520 g/mol. The van der Waals surface area contributed by atoms with Crippen molar-refractivity contribution in [3.63, 3.8) is 0 Å². The van der Waals surface area contributed by atoms with Crippen molar-refractivity contribution in [1.29, 1.82) is 5.26 Å². The van der Waals surface area contributed by atoms with Crippen LogP contribution in [0.3, 0.4) is 0 Å². The van der Waals surface area contributed by atoms with Crippen LogP contribution in [0.4, 0.5) is 0 Å². The van der Waals surface area contributed by atoms with Crippen LogP contribution < -0.4 is 57.4 Å². The van der Waals surface area contributed by atoms with Crippen molar-refractivity contribution in [2.45, 2.75) is 171 Å². The number of nitrogens with zero attached hydrogens (tertiary/aromatic N) is 3. The number of thiol groups is 1. The molecule has 0 aromatic heterocycles. The average molecular weight is 1600 g/mol. The van der Waals surface area contributed by atoms with Gasteiger partial charge in [-0.3, -0.25) is 24.0 Å². The van der Waals surface area contributed by atoms with Gasteiger partial charge in [0.2, 0.25) is 11.8 Å². The topological polar surface area (TPSA) is 275 Å². The number of aryl methyl sites for hydroxylation is 6. The molecule has 3 spiro atoms. The van der Waals surface area contributed by atoms with Gasteiger partial charge in [-0.05, 0) is 213 Å². The van der Waals surface area contributed by atoms with Crippen LogP contribution in [0.5, 0.6) is 0 Å². The summed E-state index contributed by atoms with van der Waals surface area (Å²) in [5.74, 6) is -0.445. The number of carbonyl (C=O) groups excluding carboxylic acids is 5. The number of ketones is 2. The van der Waals surface area contributed by atoms with Gasteiger partial charge in [-0.15, -0.1) is 0 Å². The van der Waals surface area contributed by atoms with E-state index < -0.39 is 22.2 Å². The number of hydrogen-bond donors (Lipinski definition) is 7. The van der Waals surface area contributed by atoms with Crippen molar-refractivity contribution >= 4 is 144 Å². The fourth-order valence-corrected chi connectivity index (χ4v) is 15.8. The number of nitriles is 1. The quantitative estimate of drug-likeness (QED) is 0.0391. The van der Waals surface area contributed by atoms with Gasteiger partial charge in [0.05, 0.1) is 26.6 Å². The number of carbonyl (C=O) groups is 5. The molecule has 25 heteroatoms. The van der Waals surface area contributed by atoms with Gasteiger partial charge in [0, 0.05) is 73.5 Å². The Morgan fingerprint density at radius 3 is 1.48 bits per heavy atom. The number of amides is 2. The van der Waals surface area contributed by atoms with Gasteiger partial charge in [0.25, 0.3) is 6.02 Å². The van der Waals surface area contributed by atoms with Gasteiger partial charge < -0.3 is 43.8 Å². The number of aliphatic imine (C=N–C) groups is 1. The molecule has 8 aliphatic rings. The number of halogens is 5. The Bertz CT molecular complexity index is 3720. The Labute approximate surface area is 614 Å². The molecule has 5 aromatic rings. The first-order valence-electron chi connectivity index (χ1n) is 29.7. The fourth-order valence-electron chi connectivity index (χ4n) is 13.6. The summed E-state index contributed by atoms with van der Waals surface area (Å²) >= 11 is 20.0. The summed E-state index contributed by atoms with van der Waals surface area (Å²) in [6.45, 7) is 11.1. The second-order valence-electron chi connectivity index (χ2n) is 24.7. The third-order valence-electron chi connectivity index (χ3n) is 18.8. The first-order chi connectivity index (χ1) is 42.6. The van der Waals surface area contributed by atoms with Crippen molar-refractivity contribution in [1.82, 2.24) is 10.6 Å². The maximum absolute atomic E-state index is 12.1. The predicted octanol–water partition coefficient (Wildman–Crippen LogP) is 7.55. The number of fused-ring (bicyclic) bond motifs is 5. The van der Waals surface area contributed by atoms with Gasteiger partial charge in [0.1, 0.15) is 33.7 Å². The Morgan fingerprint density at radius 2 is 1.05 bits per heavy atom. The molecule has 0 bridgehead atoms. The van der Waals surface area contributed by atoms with Crippen LogP contribution >= 0.6 is 92.5 Å². The summed E-state index contributed by atoms with van der Waals surface area (Å²) in [4.78, 5) is 64.7. The SMILES string of the molecule is COC(=O)C1(N)CCc2c(Br)ccc(C)c2C1.Cc1ccc(Br)c2c1CC(N)(CO)CC2.Cc1ccc(Br)c2c1CC1(CC2)COC(N)=N1.Cc1ccc(Br)c2c1CC1(CC2)NC(=O)CC1=O.Cc1cccc2c1CC1(CC2)NC(=O)CC1=O.N#CBr.[B].[B]=NS.[H-].[Na+]. The van der Waals surface area contributed by atoms with E-state index in [4.69, 9.17) is 31.9 Å². The van der Waals surface area contributed by atoms with Crippen LogP contribution in [0.15, 0.2) is 93.9 Å². The fraction of sp³-hybridized carbons (Fsp3) is 0.448. The molecule has 5 unspecified atom stereocenters. The first kappa shape index (κ1) is 78.9. The molecule has 9 N–H and O–H groups in total. The minimum atomic E-state index is -0.868. The maximum Gasteiger partial charge on any atom is 1.00 e. The molecule has 2 saturated heterocycles. The smallest absolute Gasteiger partial charge is 1.00 e. The number of Topliss-reactive ketones (excluding diaryl/α,β-unsaturated/α-hetero) is 2. The minimum Gasteiger partial charge on any atom is -1.00 e. The maximum atomic E-state index is 12.1. The van der Waals surface area contributed by atoms with Gasteiger partial charge in [0.15, 0.2) is 11.6 Å². The molecule has 4 radical (unpaired) electrons. The van der Waals surface area contributed by atoms with Crippen LogP contribution in [-0.4, -0.2) is 105 Å². The Hall–Kier alpha value is -3.83. The van der Waals surface area contributed by atoms with E-state index in [1.165, 1.54) is 99.5 Å². The zero-order chi connectivity index (χ0) is 66.1. The third kappa shape index (κ3) is 18.2. The molecular formula is C67H78B2Br5N8NaO8S. The Morgan fingerprint density at radius 1 is 0.663 bits per heavy atom. The molecule has 482 valence electrons. The summed E-state index contributed by atoms with van der Waals surface area (Å²) in [6.07, 6.45) is 12.2. The number of aliphatic hydroxyl groups is 1. The van der Waals surface area contributed by atoms with Crippen LogP contribution in [0.1, 0.15) is 130 Å². The van der Waals surface area contributed by atoms with Crippen molar-refractivity contribution in [3.05, 3.63) is 168 Å². The Balaban J connectivity index is 0.000000241. The number of methoxy groups -OCH3 is 1. The summed E-state index contributed by atoms with van der Waals surface area (Å²) in [7, 11) is 5.73. The van der Waals surface area contributed by atoms with E-state index in [1.54, 1.807) is 4.98 Å². The number of rotatable bonds is 2. The number of benzene rings is 5. The van der Waals surface area contributed by atoms with Crippen LogP contribution in [0.2, 0.25) is 0 Å². The van der Waals surface area contributed by atoms with Crippen molar-refractivity contribution in [2.75, 3.05) is 20.3 Å². The van der Waals surface area contributed by atoms with Crippen molar-refractivity contribution in [3.8, 4) is 4.98 Å². The van der Waals surface area contributed by atoms with Gasteiger partial charge in [-0.2, -0.15) is 5.26 Å². The molecule has 5 aliphatic carbocycles. The molecule has 5 aromatic carbocycles. The molecule has 16 nitrogen and oxygen atoms in total. The molecule has 3 heterocycles. The Kier molecular flexibility index (Phi) is 29.1. The van der Waals surface area contributed by atoms with E-state index in [0.29, 0.717) is 44.7 Å². The number of amidine groups is 1. The van der Waals surface area contributed by atoms with Crippen LogP contribution in [0, 0.1) is 44.9 Å². The van der Waals surface area contributed by atoms with Crippen molar-refractivity contribution in [2.24, 2.45) is 26.5 Å². The first-order valence-corrected chi connectivity index (χ1v) is 34.1. The molecule has 13 rings (SSSR count). The van der Waals surface area contributed by atoms with Gasteiger partial charge in [-0.1, -0.05) is 106 Å². The zero-order valence-electron chi connectivity index (χ0n) is 54.2. The number of nitrogens with one attached hydrogen (secondary N) is 2. The van der Waals surface area contributed by atoms with Crippen LogP contribution in [0.25, 0.3) is 0 Å². The minimum absolute atomic E-state index is 0. The molecule has 5 atom stereocenters. The number of aliphatic hydroxyl groups excluding tert-OH is 1. The second kappa shape index (κ2) is 33.9. The van der Waals surface area contributed by atoms with E-state index in [0.717, 1.165) is 73.2 Å². The number of hydrogen-bond acceptors (Lipinski definition) is 15. The van der Waals surface area contributed by atoms with Crippen LogP contribution in [-0.2, 0) is 97.7 Å². The summed E-state index contributed by atoms with van der Waals surface area (Å²) in [6, 6.07) is 23.3. The summed E-state index contributed by atoms with van der Waals surface area (Å²) < 4.78 is 17.4. The summed E-state index contributed by atoms with van der Waals surface area (Å²) in [5, 5.41) is 22.3. The second-order valence-corrected chi connectivity index (χ2v) is 28.7.